The van der Waals surface area contributed by atoms with Gasteiger partial charge >= 0.3 is 11.8 Å². The molecule has 2 N–H and O–H groups in total. The predicted octanol–water partition coefficient (Wildman–Crippen LogP) is 2.77. The minimum absolute atomic E-state index is 0.0280. The lowest BCUT2D eigenvalue weighted by molar-refractivity contribution is -0.136. The maximum absolute atomic E-state index is 12.6. The average molecular weight is 457 g/mol. The molecule has 2 aromatic carbocycles. The summed E-state index contributed by atoms with van der Waals surface area (Å²) in [7, 11) is 2.10. The number of carbonyl (C=O) groups is 2. The first-order chi connectivity index (χ1) is 15.4. The number of hydrogen-bond acceptors (Lipinski definition) is 5. The van der Waals surface area contributed by atoms with Gasteiger partial charge in [-0.25, -0.2) is 0 Å². The van der Waals surface area contributed by atoms with E-state index in [2.05, 4.69) is 45.7 Å². The molecule has 2 aromatic rings. The second-order valence-corrected chi connectivity index (χ2v) is 8.78. The Hall–Kier alpha value is -2.61. The maximum Gasteiger partial charge on any atom is 0.313 e. The van der Waals surface area contributed by atoms with Crippen molar-refractivity contribution < 1.29 is 14.3 Å². The van der Waals surface area contributed by atoms with Gasteiger partial charge in [0.15, 0.2) is 0 Å². The minimum atomic E-state index is -0.702. The van der Waals surface area contributed by atoms with Crippen LogP contribution in [0, 0.1) is 6.92 Å². The summed E-state index contributed by atoms with van der Waals surface area (Å²) in [5.74, 6) is -1.37. The lowest BCUT2D eigenvalue weighted by Gasteiger charge is -2.35. The van der Waals surface area contributed by atoms with Gasteiger partial charge in [0.05, 0.1) is 19.3 Å². The van der Waals surface area contributed by atoms with E-state index in [1.807, 2.05) is 6.92 Å². The first kappa shape index (κ1) is 22.6. The second-order valence-electron chi connectivity index (χ2n) is 8.35. The summed E-state index contributed by atoms with van der Waals surface area (Å²) in [5, 5.41) is 5.99. The van der Waals surface area contributed by atoms with Gasteiger partial charge in [0.2, 0.25) is 0 Å². The van der Waals surface area contributed by atoms with E-state index in [-0.39, 0.29) is 6.04 Å². The Labute approximate surface area is 193 Å². The van der Waals surface area contributed by atoms with E-state index in [0.29, 0.717) is 30.5 Å². The Kier molecular flexibility index (Phi) is 6.98. The van der Waals surface area contributed by atoms with Crippen molar-refractivity contribution in [2.45, 2.75) is 19.4 Å². The molecule has 2 aliphatic heterocycles. The summed E-state index contributed by atoms with van der Waals surface area (Å²) in [6, 6.07) is 11.7. The van der Waals surface area contributed by atoms with Crippen LogP contribution in [0.5, 0.6) is 0 Å². The number of halogens is 1. The molecular formula is C24H29ClN4O3. The molecule has 0 aliphatic carbocycles. The minimum Gasteiger partial charge on any atom is -0.379 e. The van der Waals surface area contributed by atoms with Gasteiger partial charge in [-0.05, 0) is 48.2 Å². The van der Waals surface area contributed by atoms with Gasteiger partial charge in [-0.3, -0.25) is 14.5 Å². The predicted molar refractivity (Wildman–Crippen MR) is 126 cm³/mol. The van der Waals surface area contributed by atoms with Crippen LogP contribution >= 0.6 is 11.6 Å². The van der Waals surface area contributed by atoms with Gasteiger partial charge in [0.1, 0.15) is 0 Å². The summed E-state index contributed by atoms with van der Waals surface area (Å²) in [6.45, 7) is 6.09. The molecule has 8 heteroatoms. The number of nitrogens with zero attached hydrogens (tertiary/aromatic N) is 2. The Morgan fingerprint density at radius 3 is 2.66 bits per heavy atom. The Bertz CT molecular complexity index is 1010. The second kappa shape index (κ2) is 9.90. The van der Waals surface area contributed by atoms with E-state index in [1.54, 1.807) is 18.2 Å². The van der Waals surface area contributed by atoms with Gasteiger partial charge < -0.3 is 20.3 Å². The molecule has 170 valence electrons. The average Bonchev–Trinajstić information content (AvgIpc) is 3.17. The fourth-order valence-corrected chi connectivity index (χ4v) is 4.49. The van der Waals surface area contributed by atoms with Gasteiger partial charge in [-0.1, -0.05) is 29.8 Å². The van der Waals surface area contributed by atoms with Crippen LogP contribution in [0.4, 0.5) is 11.4 Å². The van der Waals surface area contributed by atoms with E-state index < -0.39 is 11.8 Å². The fraction of sp³-hybridized carbons (Fsp3) is 0.417. The topological polar surface area (TPSA) is 73.9 Å². The molecule has 1 fully saturated rings. The largest absolute Gasteiger partial charge is 0.379 e. The third kappa shape index (κ3) is 5.06. The molecule has 1 atom stereocenters. The highest BCUT2D eigenvalue weighted by Gasteiger charge is 2.26. The van der Waals surface area contributed by atoms with Crippen LogP contribution < -0.4 is 15.5 Å². The molecule has 0 bridgehead atoms. The third-order valence-corrected chi connectivity index (χ3v) is 6.45. The quantitative estimate of drug-likeness (QED) is 0.677. The van der Waals surface area contributed by atoms with E-state index >= 15 is 0 Å². The summed E-state index contributed by atoms with van der Waals surface area (Å²) in [5.41, 5.74) is 5.10. The highest BCUT2D eigenvalue weighted by molar-refractivity contribution is 6.40. The van der Waals surface area contributed by atoms with E-state index in [1.165, 1.54) is 11.3 Å². The number of aryl methyl sites for hydroxylation is 1. The molecule has 0 aromatic heterocycles. The highest BCUT2D eigenvalue weighted by atomic mass is 35.5. The third-order valence-electron chi connectivity index (χ3n) is 6.21. The molecule has 32 heavy (non-hydrogen) atoms. The molecule has 0 spiro atoms. The van der Waals surface area contributed by atoms with Crippen molar-refractivity contribution in [2.75, 3.05) is 56.7 Å². The van der Waals surface area contributed by atoms with Crippen molar-refractivity contribution >= 4 is 34.8 Å². The van der Waals surface area contributed by atoms with Crippen LogP contribution in [0.1, 0.15) is 22.7 Å². The first-order valence-electron chi connectivity index (χ1n) is 10.9. The molecular weight excluding hydrogens is 428 g/mol. The number of hydrogen-bond donors (Lipinski definition) is 2. The molecule has 2 heterocycles. The summed E-state index contributed by atoms with van der Waals surface area (Å²) >= 11 is 6.02. The lowest BCUT2D eigenvalue weighted by Crippen LogP contribution is -2.45. The van der Waals surface area contributed by atoms with Gasteiger partial charge in [0.25, 0.3) is 0 Å². The SMILES string of the molecule is Cc1ccc(Cl)cc1NC(=O)C(=O)NC[C@@H](c1ccc2c(c1)CCN2C)N1CCOCC1. The first-order valence-corrected chi connectivity index (χ1v) is 11.3. The number of benzene rings is 2. The van der Waals surface area contributed by atoms with Crippen molar-refractivity contribution in [3.05, 3.63) is 58.1 Å². The van der Waals surface area contributed by atoms with Crippen LogP contribution in [0.2, 0.25) is 5.02 Å². The standard InChI is InChI=1S/C24H29ClN4O3/c1-16-3-5-19(25)14-20(16)27-24(31)23(30)26-15-22(29-9-11-32-12-10-29)17-4-6-21-18(13-17)7-8-28(21)2/h3-6,13-14,22H,7-12,15H2,1-2H3,(H,26,30)(H,27,31)/t22-/m0/s1. The molecule has 7 nitrogen and oxygen atoms in total. The van der Waals surface area contributed by atoms with Crippen molar-refractivity contribution in [1.82, 2.24) is 10.2 Å². The van der Waals surface area contributed by atoms with E-state index in [0.717, 1.165) is 37.2 Å². The number of morpholine rings is 1. The highest BCUT2D eigenvalue weighted by Crippen LogP contribution is 2.31. The molecule has 0 radical (unpaired) electrons. The van der Waals surface area contributed by atoms with Crippen LogP contribution in [0.3, 0.4) is 0 Å². The number of amides is 2. The van der Waals surface area contributed by atoms with E-state index in [9.17, 15) is 9.59 Å². The van der Waals surface area contributed by atoms with Crippen molar-refractivity contribution in [3.63, 3.8) is 0 Å². The van der Waals surface area contributed by atoms with Crippen molar-refractivity contribution in [2.24, 2.45) is 0 Å². The van der Waals surface area contributed by atoms with Crippen LogP contribution in [-0.2, 0) is 20.7 Å². The number of fused-ring (bicyclic) bond motifs is 1. The van der Waals surface area contributed by atoms with Gasteiger partial charge in [-0.2, -0.15) is 0 Å². The fourth-order valence-electron chi connectivity index (χ4n) is 4.32. The van der Waals surface area contributed by atoms with Crippen LogP contribution in [0.15, 0.2) is 36.4 Å². The van der Waals surface area contributed by atoms with Gasteiger partial charge in [0, 0.05) is 49.6 Å². The Morgan fingerprint density at radius 2 is 1.88 bits per heavy atom. The molecule has 0 unspecified atom stereocenters. The molecule has 1 saturated heterocycles. The summed E-state index contributed by atoms with van der Waals surface area (Å²) in [4.78, 5) is 29.6. The Morgan fingerprint density at radius 1 is 1.09 bits per heavy atom. The molecule has 4 rings (SSSR count). The van der Waals surface area contributed by atoms with Crippen molar-refractivity contribution in [1.29, 1.82) is 0 Å². The summed E-state index contributed by atoms with van der Waals surface area (Å²) < 4.78 is 5.51. The molecule has 2 amide bonds. The van der Waals surface area contributed by atoms with Crippen molar-refractivity contribution in [3.8, 4) is 0 Å². The number of likely N-dealkylation sites (N-methyl/N-ethyl adjacent to an activating group) is 1. The lowest BCUT2D eigenvalue weighted by atomic mass is 10.0. The number of anilines is 2. The number of ether oxygens (including phenoxy) is 1. The number of nitrogens with one attached hydrogen (secondary N) is 2. The summed E-state index contributed by atoms with van der Waals surface area (Å²) in [6.07, 6.45) is 1.02. The van der Waals surface area contributed by atoms with Gasteiger partial charge in [-0.15, -0.1) is 0 Å². The van der Waals surface area contributed by atoms with Crippen LogP contribution in [-0.4, -0.2) is 63.2 Å². The zero-order valence-electron chi connectivity index (χ0n) is 18.5. The normalized spacial score (nSPS) is 17.0. The monoisotopic (exact) mass is 456 g/mol. The zero-order valence-corrected chi connectivity index (χ0v) is 19.2. The molecule has 2 aliphatic rings. The van der Waals surface area contributed by atoms with Crippen LogP contribution in [0.25, 0.3) is 0 Å². The smallest absolute Gasteiger partial charge is 0.313 e. The number of carbonyl (C=O) groups excluding carboxylic acids is 2. The Balaban J connectivity index is 1.46. The molecule has 0 saturated carbocycles. The maximum atomic E-state index is 12.6. The van der Waals surface area contributed by atoms with E-state index in [4.69, 9.17) is 16.3 Å². The number of rotatable bonds is 5. The zero-order chi connectivity index (χ0) is 22.7.